The van der Waals surface area contributed by atoms with Gasteiger partial charge < -0.3 is 15.0 Å². The molecule has 22 heavy (non-hydrogen) atoms. The first kappa shape index (κ1) is 14.8. The Morgan fingerprint density at radius 2 is 2.05 bits per heavy atom. The van der Waals surface area contributed by atoms with Gasteiger partial charge in [-0.1, -0.05) is 12.1 Å². The summed E-state index contributed by atoms with van der Waals surface area (Å²) in [5.74, 6) is 0.481. The first-order valence-electron chi connectivity index (χ1n) is 7.67. The van der Waals surface area contributed by atoms with Crippen LogP contribution in [0, 0.1) is 0 Å². The molecule has 0 aliphatic carbocycles. The molecule has 2 N–H and O–H groups in total. The number of nitrogens with zero attached hydrogens (tertiary/aromatic N) is 1. The predicted octanol–water partition coefficient (Wildman–Crippen LogP) is 0.0984. The van der Waals surface area contributed by atoms with E-state index in [0.29, 0.717) is 12.4 Å². The standard InChI is InChI=1S/C16H21N3O3/c1-16(12-6-5-7-13(10-12)22-2)14(20)19(15(21)17-16)11-18-8-3-4-9-18/h5-7,10H,3-4,8-9,11H2,1-2H3,(H,17,21)/p+1/t16-/m1/s1. The Morgan fingerprint density at radius 3 is 2.73 bits per heavy atom. The number of methoxy groups -OCH3 is 1. The smallest absolute Gasteiger partial charge is 0.329 e. The number of hydrogen-bond acceptors (Lipinski definition) is 3. The summed E-state index contributed by atoms with van der Waals surface area (Å²) in [5.41, 5.74) is -0.283. The van der Waals surface area contributed by atoms with Crippen LogP contribution < -0.4 is 15.0 Å². The lowest BCUT2D eigenvalue weighted by Gasteiger charge is -2.23. The van der Waals surface area contributed by atoms with E-state index in [1.807, 2.05) is 18.2 Å². The summed E-state index contributed by atoms with van der Waals surface area (Å²) in [6.07, 6.45) is 2.32. The lowest BCUT2D eigenvalue weighted by Crippen LogP contribution is -3.11. The first-order chi connectivity index (χ1) is 10.5. The van der Waals surface area contributed by atoms with Gasteiger partial charge in [-0.2, -0.15) is 0 Å². The molecular weight excluding hydrogens is 282 g/mol. The van der Waals surface area contributed by atoms with Crippen molar-refractivity contribution in [3.63, 3.8) is 0 Å². The van der Waals surface area contributed by atoms with Crippen LogP contribution in [0.25, 0.3) is 0 Å². The molecule has 2 heterocycles. The summed E-state index contributed by atoms with van der Waals surface area (Å²) in [4.78, 5) is 27.7. The number of nitrogens with one attached hydrogen (secondary N) is 2. The highest BCUT2D eigenvalue weighted by Crippen LogP contribution is 2.30. The lowest BCUT2D eigenvalue weighted by atomic mass is 9.92. The Balaban J connectivity index is 1.84. The van der Waals surface area contributed by atoms with Crippen molar-refractivity contribution in [1.82, 2.24) is 10.2 Å². The highest BCUT2D eigenvalue weighted by Gasteiger charge is 2.50. The molecule has 1 aromatic carbocycles. The fraction of sp³-hybridized carbons (Fsp3) is 0.500. The van der Waals surface area contributed by atoms with Gasteiger partial charge in [0.05, 0.1) is 20.2 Å². The molecule has 0 saturated carbocycles. The second-order valence-electron chi connectivity index (χ2n) is 6.14. The minimum Gasteiger partial charge on any atom is -0.497 e. The molecular formula is C16H22N3O3+. The third kappa shape index (κ3) is 2.43. The summed E-state index contributed by atoms with van der Waals surface area (Å²) in [7, 11) is 1.58. The average Bonchev–Trinajstić information content (AvgIpc) is 3.11. The van der Waals surface area contributed by atoms with Gasteiger partial charge >= 0.3 is 6.03 Å². The van der Waals surface area contributed by atoms with E-state index >= 15 is 0 Å². The molecule has 3 amide bonds. The number of quaternary nitrogens is 1. The monoisotopic (exact) mass is 304 g/mol. The molecule has 0 spiro atoms. The van der Waals surface area contributed by atoms with Crippen LogP contribution in [0.4, 0.5) is 4.79 Å². The summed E-state index contributed by atoms with van der Waals surface area (Å²) >= 11 is 0. The van der Waals surface area contributed by atoms with E-state index in [1.165, 1.54) is 9.80 Å². The Morgan fingerprint density at radius 1 is 1.32 bits per heavy atom. The molecule has 118 valence electrons. The van der Waals surface area contributed by atoms with E-state index in [1.54, 1.807) is 20.1 Å². The summed E-state index contributed by atoms with van der Waals surface area (Å²) < 4.78 is 5.21. The van der Waals surface area contributed by atoms with Crippen molar-refractivity contribution >= 4 is 11.9 Å². The van der Waals surface area contributed by atoms with E-state index in [9.17, 15) is 9.59 Å². The van der Waals surface area contributed by atoms with E-state index in [0.717, 1.165) is 31.5 Å². The molecule has 0 aromatic heterocycles. The van der Waals surface area contributed by atoms with E-state index in [-0.39, 0.29) is 11.9 Å². The van der Waals surface area contributed by atoms with Gasteiger partial charge in [0.2, 0.25) is 0 Å². The molecule has 0 unspecified atom stereocenters. The number of carbonyl (C=O) groups excluding carboxylic acids is 2. The maximum absolute atomic E-state index is 12.8. The molecule has 0 bridgehead atoms. The van der Waals surface area contributed by atoms with Crippen LogP contribution in [0.5, 0.6) is 5.75 Å². The normalized spacial score (nSPS) is 25.6. The number of imide groups is 1. The molecule has 2 aliphatic rings. The second-order valence-corrected chi connectivity index (χ2v) is 6.14. The van der Waals surface area contributed by atoms with E-state index in [2.05, 4.69) is 5.32 Å². The Labute approximate surface area is 130 Å². The molecule has 0 radical (unpaired) electrons. The van der Waals surface area contributed by atoms with Crippen molar-refractivity contribution in [3.05, 3.63) is 29.8 Å². The summed E-state index contributed by atoms with van der Waals surface area (Å²) in [5, 5.41) is 2.84. The largest absolute Gasteiger partial charge is 0.497 e. The van der Waals surface area contributed by atoms with Gasteiger partial charge in [-0.05, 0) is 24.6 Å². The van der Waals surface area contributed by atoms with Crippen molar-refractivity contribution in [2.75, 3.05) is 26.9 Å². The molecule has 2 saturated heterocycles. The van der Waals surface area contributed by atoms with Gasteiger partial charge in [0.25, 0.3) is 5.91 Å². The minimum absolute atomic E-state index is 0.190. The van der Waals surface area contributed by atoms with Crippen LogP contribution in [0.3, 0.4) is 0 Å². The molecule has 1 aromatic rings. The Bertz CT molecular complexity index is 598. The molecule has 2 fully saturated rings. The number of amides is 3. The third-order valence-electron chi connectivity index (χ3n) is 4.61. The molecule has 6 heteroatoms. The van der Waals surface area contributed by atoms with E-state index in [4.69, 9.17) is 4.74 Å². The second kappa shape index (κ2) is 5.61. The van der Waals surface area contributed by atoms with E-state index < -0.39 is 5.54 Å². The van der Waals surface area contributed by atoms with Crippen LogP contribution in [0.1, 0.15) is 25.3 Å². The van der Waals surface area contributed by atoms with Crippen molar-refractivity contribution in [2.24, 2.45) is 0 Å². The minimum atomic E-state index is -1.02. The number of hydrogen-bond donors (Lipinski definition) is 2. The highest BCUT2D eigenvalue weighted by molar-refractivity contribution is 6.07. The van der Waals surface area contributed by atoms with Gasteiger partial charge in [-0.3, -0.25) is 4.79 Å². The molecule has 1 atom stereocenters. The SMILES string of the molecule is COc1cccc([C@@]2(C)NC(=O)N(C[NH+]3CCCC3)C2=O)c1. The number of ether oxygens (including phenoxy) is 1. The highest BCUT2D eigenvalue weighted by atomic mass is 16.5. The Hall–Kier alpha value is -2.08. The number of rotatable bonds is 4. The third-order valence-corrected chi connectivity index (χ3v) is 4.61. The zero-order valence-corrected chi connectivity index (χ0v) is 13.0. The van der Waals surface area contributed by atoms with Crippen LogP contribution >= 0.6 is 0 Å². The van der Waals surface area contributed by atoms with Crippen LogP contribution in [0.2, 0.25) is 0 Å². The lowest BCUT2D eigenvalue weighted by molar-refractivity contribution is -0.894. The maximum Gasteiger partial charge on any atom is 0.329 e. The van der Waals surface area contributed by atoms with Crippen molar-refractivity contribution in [1.29, 1.82) is 0 Å². The number of urea groups is 1. The maximum atomic E-state index is 12.8. The summed E-state index contributed by atoms with van der Waals surface area (Å²) in [6.45, 7) is 4.24. The fourth-order valence-corrected chi connectivity index (χ4v) is 3.23. The first-order valence-corrected chi connectivity index (χ1v) is 7.67. The number of likely N-dealkylation sites (tertiary alicyclic amines) is 1. The van der Waals surface area contributed by atoms with Gasteiger partial charge in [0.1, 0.15) is 11.3 Å². The zero-order chi connectivity index (χ0) is 15.7. The quantitative estimate of drug-likeness (QED) is 0.776. The van der Waals surface area contributed by atoms with Gasteiger partial charge in [-0.15, -0.1) is 0 Å². The van der Waals surface area contributed by atoms with Crippen LogP contribution in [0.15, 0.2) is 24.3 Å². The van der Waals surface area contributed by atoms with Gasteiger partial charge in [0, 0.05) is 12.8 Å². The topological polar surface area (TPSA) is 63.1 Å². The molecule has 3 rings (SSSR count). The fourth-order valence-electron chi connectivity index (χ4n) is 3.23. The Kier molecular flexibility index (Phi) is 3.78. The summed E-state index contributed by atoms with van der Waals surface area (Å²) in [6, 6.07) is 6.97. The van der Waals surface area contributed by atoms with Crippen molar-refractivity contribution < 1.29 is 19.2 Å². The van der Waals surface area contributed by atoms with Gasteiger partial charge in [0.15, 0.2) is 6.67 Å². The van der Waals surface area contributed by atoms with Crippen LogP contribution in [-0.4, -0.2) is 43.7 Å². The van der Waals surface area contributed by atoms with Gasteiger partial charge in [-0.25, -0.2) is 9.69 Å². The van der Waals surface area contributed by atoms with Crippen LogP contribution in [-0.2, 0) is 10.3 Å². The average molecular weight is 304 g/mol. The number of carbonyl (C=O) groups is 2. The number of benzene rings is 1. The predicted molar refractivity (Wildman–Crippen MR) is 80.5 cm³/mol. The molecule has 6 nitrogen and oxygen atoms in total. The van der Waals surface area contributed by atoms with Crippen molar-refractivity contribution in [2.45, 2.75) is 25.3 Å². The van der Waals surface area contributed by atoms with Crippen molar-refractivity contribution in [3.8, 4) is 5.75 Å². The molecule has 2 aliphatic heterocycles. The zero-order valence-electron chi connectivity index (χ0n) is 13.0.